The molecule has 2 aromatic carbocycles. The minimum Gasteiger partial charge on any atom is -0.309 e. The first-order valence-electron chi connectivity index (χ1n) is 9.75. The highest BCUT2D eigenvalue weighted by atomic mass is 35.5. The van der Waals surface area contributed by atoms with E-state index in [0.29, 0.717) is 28.8 Å². The molecule has 0 saturated heterocycles. The number of aromatic nitrogens is 1. The maximum Gasteiger partial charge on any atom is 0.416 e. The topological polar surface area (TPSA) is 48.5 Å². The van der Waals surface area contributed by atoms with Crippen LogP contribution in [0, 0.1) is 0 Å². The van der Waals surface area contributed by atoms with Crippen molar-refractivity contribution >= 4 is 39.8 Å². The van der Waals surface area contributed by atoms with Crippen molar-refractivity contribution < 1.29 is 18.0 Å². The number of anilines is 2. The number of carbonyl (C=O) groups excluding carboxylic acids is 1. The van der Waals surface area contributed by atoms with Crippen LogP contribution >= 0.6 is 22.9 Å². The molecular formula is C22H22ClF3N4OS. The first-order chi connectivity index (χ1) is 15.1. The number of benzene rings is 2. The number of urea groups is 1. The van der Waals surface area contributed by atoms with E-state index in [9.17, 15) is 18.0 Å². The fourth-order valence-electron chi connectivity index (χ4n) is 2.96. The Hall–Kier alpha value is -2.62. The molecule has 2 amide bonds. The molecule has 10 heteroatoms. The molecule has 1 heterocycles. The second-order valence-electron chi connectivity index (χ2n) is 7.34. The lowest BCUT2D eigenvalue weighted by Crippen LogP contribution is -2.37. The van der Waals surface area contributed by atoms with Crippen LogP contribution in [0.2, 0.25) is 5.02 Å². The Labute approximate surface area is 193 Å². The number of rotatable bonds is 7. The zero-order valence-corrected chi connectivity index (χ0v) is 19.1. The van der Waals surface area contributed by atoms with Crippen LogP contribution in [0.15, 0.2) is 53.9 Å². The van der Waals surface area contributed by atoms with E-state index in [0.717, 1.165) is 24.2 Å². The molecule has 0 aliphatic rings. The second-order valence-corrected chi connectivity index (χ2v) is 8.62. The molecular weight excluding hydrogens is 461 g/mol. The minimum atomic E-state index is -4.49. The van der Waals surface area contributed by atoms with Crippen molar-refractivity contribution in [1.29, 1.82) is 0 Å². The Morgan fingerprint density at radius 3 is 2.56 bits per heavy atom. The normalized spacial score (nSPS) is 11.6. The Kier molecular flexibility index (Phi) is 7.76. The third-order valence-corrected chi connectivity index (χ3v) is 5.62. The predicted octanol–water partition coefficient (Wildman–Crippen LogP) is 6.47. The van der Waals surface area contributed by atoms with Gasteiger partial charge in [-0.25, -0.2) is 9.78 Å². The van der Waals surface area contributed by atoms with E-state index in [2.05, 4.69) is 10.3 Å². The average molecular weight is 483 g/mol. The van der Waals surface area contributed by atoms with Crippen molar-refractivity contribution in [3.63, 3.8) is 0 Å². The Bertz CT molecular complexity index is 1070. The summed E-state index contributed by atoms with van der Waals surface area (Å²) in [4.78, 5) is 21.0. The zero-order valence-electron chi connectivity index (χ0n) is 17.5. The number of amides is 2. The van der Waals surface area contributed by atoms with Crippen molar-refractivity contribution in [2.24, 2.45) is 0 Å². The molecule has 0 spiro atoms. The molecule has 170 valence electrons. The van der Waals surface area contributed by atoms with Crippen LogP contribution in [-0.2, 0) is 6.18 Å². The van der Waals surface area contributed by atoms with E-state index >= 15 is 0 Å². The van der Waals surface area contributed by atoms with Crippen molar-refractivity contribution in [2.45, 2.75) is 12.6 Å². The molecule has 0 bridgehead atoms. The first kappa shape index (κ1) is 24.0. The quantitative estimate of drug-likeness (QED) is 0.419. The zero-order chi connectivity index (χ0) is 23.3. The average Bonchev–Trinajstić information content (AvgIpc) is 3.20. The van der Waals surface area contributed by atoms with Gasteiger partial charge in [-0.1, -0.05) is 29.8 Å². The maximum atomic E-state index is 13.0. The largest absolute Gasteiger partial charge is 0.416 e. The number of hydrogen-bond donors (Lipinski definition) is 1. The van der Waals surface area contributed by atoms with Gasteiger partial charge in [0.15, 0.2) is 5.13 Å². The molecule has 0 fully saturated rings. The number of halogens is 4. The van der Waals surface area contributed by atoms with Gasteiger partial charge in [0.2, 0.25) is 0 Å². The van der Waals surface area contributed by atoms with Crippen molar-refractivity contribution in [3.05, 3.63) is 64.5 Å². The van der Waals surface area contributed by atoms with E-state index in [-0.39, 0.29) is 5.69 Å². The molecule has 1 N–H and O–H groups in total. The molecule has 5 nitrogen and oxygen atoms in total. The van der Waals surface area contributed by atoms with Gasteiger partial charge in [-0.2, -0.15) is 13.2 Å². The summed E-state index contributed by atoms with van der Waals surface area (Å²) in [6, 6.07) is 11.2. The van der Waals surface area contributed by atoms with Crippen LogP contribution < -0.4 is 10.2 Å². The van der Waals surface area contributed by atoms with Gasteiger partial charge in [0.1, 0.15) is 0 Å². The smallest absolute Gasteiger partial charge is 0.309 e. The molecule has 0 radical (unpaired) electrons. The summed E-state index contributed by atoms with van der Waals surface area (Å²) >= 11 is 7.34. The molecule has 0 saturated carbocycles. The van der Waals surface area contributed by atoms with Gasteiger partial charge >= 0.3 is 12.2 Å². The Balaban J connectivity index is 1.83. The van der Waals surface area contributed by atoms with E-state index in [1.807, 2.05) is 36.5 Å². The highest BCUT2D eigenvalue weighted by Gasteiger charge is 2.30. The number of nitrogens with zero attached hydrogens (tertiary/aromatic N) is 3. The molecule has 0 aliphatic carbocycles. The fourth-order valence-corrected chi connectivity index (χ4v) is 4.01. The molecule has 0 unspecified atom stereocenters. The summed E-state index contributed by atoms with van der Waals surface area (Å²) in [7, 11) is 3.85. The molecule has 3 aromatic rings. The lowest BCUT2D eigenvalue weighted by atomic mass is 10.2. The van der Waals surface area contributed by atoms with Crippen LogP contribution in [0.25, 0.3) is 11.3 Å². The number of nitrogens with one attached hydrogen (secondary N) is 1. The lowest BCUT2D eigenvalue weighted by Gasteiger charge is -2.21. The standard InChI is InChI=1S/C22H22ClF3N4OS/c1-29(2)10-5-11-30(20(31)27-18-9-4-7-16(13-18)22(24,25)26)21-28-19(14-32-21)15-6-3-8-17(23)12-15/h3-4,6-9,12-14H,5,10-11H2,1-2H3,(H,27,31). The summed E-state index contributed by atoms with van der Waals surface area (Å²) < 4.78 is 39.1. The predicted molar refractivity (Wildman–Crippen MR) is 124 cm³/mol. The van der Waals surface area contributed by atoms with Crippen molar-refractivity contribution in [3.8, 4) is 11.3 Å². The Morgan fingerprint density at radius 2 is 1.88 bits per heavy atom. The van der Waals surface area contributed by atoms with E-state index in [1.165, 1.54) is 28.4 Å². The number of alkyl halides is 3. The lowest BCUT2D eigenvalue weighted by molar-refractivity contribution is -0.137. The van der Waals surface area contributed by atoms with Gasteiger partial charge in [0, 0.05) is 28.2 Å². The molecule has 0 atom stereocenters. The van der Waals surface area contributed by atoms with Crippen LogP contribution in [0.3, 0.4) is 0 Å². The monoisotopic (exact) mass is 482 g/mol. The SMILES string of the molecule is CN(C)CCCN(C(=O)Nc1cccc(C(F)(F)F)c1)c1nc(-c2cccc(Cl)c2)cs1. The van der Waals surface area contributed by atoms with E-state index in [1.54, 1.807) is 12.1 Å². The summed E-state index contributed by atoms with van der Waals surface area (Å²) in [5.74, 6) is 0. The minimum absolute atomic E-state index is 0.0639. The summed E-state index contributed by atoms with van der Waals surface area (Å²) in [5.41, 5.74) is 0.713. The summed E-state index contributed by atoms with van der Waals surface area (Å²) in [6.45, 7) is 1.09. The first-order valence-corrected chi connectivity index (χ1v) is 11.0. The van der Waals surface area contributed by atoms with Gasteiger partial charge in [0.25, 0.3) is 0 Å². The molecule has 3 rings (SSSR count). The number of hydrogen-bond acceptors (Lipinski definition) is 4. The maximum absolute atomic E-state index is 13.0. The Morgan fingerprint density at radius 1 is 1.12 bits per heavy atom. The van der Waals surface area contributed by atoms with Crippen molar-refractivity contribution in [2.75, 3.05) is 37.4 Å². The number of carbonyl (C=O) groups is 1. The molecule has 0 aliphatic heterocycles. The van der Waals surface area contributed by atoms with Crippen LogP contribution in [0.4, 0.5) is 28.8 Å². The summed E-state index contributed by atoms with van der Waals surface area (Å²) in [6.07, 6.45) is -3.83. The summed E-state index contributed by atoms with van der Waals surface area (Å²) in [5, 5.41) is 5.40. The van der Waals surface area contributed by atoms with E-state index in [4.69, 9.17) is 11.6 Å². The molecule has 32 heavy (non-hydrogen) atoms. The van der Waals surface area contributed by atoms with Gasteiger partial charge < -0.3 is 10.2 Å². The van der Waals surface area contributed by atoms with Crippen LogP contribution in [-0.4, -0.2) is 43.1 Å². The van der Waals surface area contributed by atoms with Gasteiger partial charge in [-0.15, -0.1) is 11.3 Å². The fraction of sp³-hybridized carbons (Fsp3) is 0.273. The second kappa shape index (κ2) is 10.3. The van der Waals surface area contributed by atoms with Gasteiger partial charge in [0.05, 0.1) is 11.3 Å². The van der Waals surface area contributed by atoms with E-state index < -0.39 is 17.8 Å². The highest BCUT2D eigenvalue weighted by Crippen LogP contribution is 2.32. The van der Waals surface area contributed by atoms with Gasteiger partial charge in [-0.3, -0.25) is 4.90 Å². The third kappa shape index (κ3) is 6.44. The van der Waals surface area contributed by atoms with Crippen LogP contribution in [0.1, 0.15) is 12.0 Å². The molecule has 1 aromatic heterocycles. The van der Waals surface area contributed by atoms with Crippen LogP contribution in [0.5, 0.6) is 0 Å². The van der Waals surface area contributed by atoms with Crippen molar-refractivity contribution in [1.82, 2.24) is 9.88 Å². The highest BCUT2D eigenvalue weighted by molar-refractivity contribution is 7.14. The third-order valence-electron chi connectivity index (χ3n) is 4.52. The van der Waals surface area contributed by atoms with Gasteiger partial charge in [-0.05, 0) is 57.4 Å². The number of thiazole rings is 1.